The van der Waals surface area contributed by atoms with Crippen LogP contribution in [0, 0.1) is 0 Å². The van der Waals surface area contributed by atoms with Crippen molar-refractivity contribution in [2.75, 3.05) is 13.1 Å². The van der Waals surface area contributed by atoms with Gasteiger partial charge in [-0.25, -0.2) is 0 Å². The van der Waals surface area contributed by atoms with Gasteiger partial charge < -0.3 is 10.6 Å². The Bertz CT molecular complexity index is 378. The average Bonchev–Trinajstić information content (AvgIpc) is 2.42. The van der Waals surface area contributed by atoms with Crippen LogP contribution in [0.15, 0.2) is 24.3 Å². The molecule has 1 unspecified atom stereocenters. The van der Waals surface area contributed by atoms with Gasteiger partial charge in [0.2, 0.25) is 5.91 Å². The highest BCUT2D eigenvalue weighted by molar-refractivity contribution is 6.30. The lowest BCUT2D eigenvalue weighted by Crippen LogP contribution is -2.29. The van der Waals surface area contributed by atoms with Gasteiger partial charge in [-0.15, -0.1) is 0 Å². The first-order valence-corrected chi connectivity index (χ1v) is 7.30. The summed E-state index contributed by atoms with van der Waals surface area (Å²) in [6.07, 6.45) is 2.48. The van der Waals surface area contributed by atoms with Crippen molar-refractivity contribution >= 4 is 17.5 Å². The molecule has 1 aromatic carbocycles. The standard InChI is InChI=1S/C15H23ClN2O/c1-3-10-18-15(19)9-11-17-14(4-2)12-5-7-13(16)8-6-12/h5-8,14,17H,3-4,9-11H2,1-2H3,(H,18,19). The van der Waals surface area contributed by atoms with Gasteiger partial charge in [-0.3, -0.25) is 4.79 Å². The molecule has 0 saturated heterocycles. The van der Waals surface area contributed by atoms with Gasteiger partial charge >= 0.3 is 0 Å². The van der Waals surface area contributed by atoms with Crippen molar-refractivity contribution in [2.45, 2.75) is 39.2 Å². The van der Waals surface area contributed by atoms with Gasteiger partial charge in [0.15, 0.2) is 0 Å². The van der Waals surface area contributed by atoms with E-state index < -0.39 is 0 Å². The van der Waals surface area contributed by atoms with E-state index in [9.17, 15) is 4.79 Å². The minimum Gasteiger partial charge on any atom is -0.356 e. The van der Waals surface area contributed by atoms with Crippen molar-refractivity contribution in [3.05, 3.63) is 34.9 Å². The van der Waals surface area contributed by atoms with Crippen LogP contribution in [-0.2, 0) is 4.79 Å². The number of amides is 1. The Morgan fingerprint density at radius 2 is 1.89 bits per heavy atom. The van der Waals surface area contributed by atoms with E-state index in [1.807, 2.05) is 31.2 Å². The minimum atomic E-state index is 0.111. The Morgan fingerprint density at radius 3 is 2.47 bits per heavy atom. The van der Waals surface area contributed by atoms with Gasteiger partial charge in [0.1, 0.15) is 0 Å². The van der Waals surface area contributed by atoms with Gasteiger partial charge in [-0.1, -0.05) is 37.6 Å². The molecule has 0 radical (unpaired) electrons. The van der Waals surface area contributed by atoms with Crippen molar-refractivity contribution in [3.8, 4) is 0 Å². The monoisotopic (exact) mass is 282 g/mol. The highest BCUT2D eigenvalue weighted by atomic mass is 35.5. The summed E-state index contributed by atoms with van der Waals surface area (Å²) in [6, 6.07) is 8.13. The lowest BCUT2D eigenvalue weighted by Gasteiger charge is -2.17. The smallest absolute Gasteiger partial charge is 0.221 e. The van der Waals surface area contributed by atoms with Gasteiger partial charge in [0, 0.05) is 30.6 Å². The van der Waals surface area contributed by atoms with E-state index in [1.54, 1.807) is 0 Å². The number of hydrogen-bond donors (Lipinski definition) is 2. The summed E-state index contributed by atoms with van der Waals surface area (Å²) in [5.41, 5.74) is 1.21. The molecule has 1 amide bonds. The number of halogens is 1. The topological polar surface area (TPSA) is 41.1 Å². The number of hydrogen-bond acceptors (Lipinski definition) is 2. The molecule has 3 nitrogen and oxygen atoms in total. The maximum atomic E-state index is 11.5. The molecular weight excluding hydrogens is 260 g/mol. The molecule has 0 spiro atoms. The van der Waals surface area contributed by atoms with Crippen LogP contribution in [-0.4, -0.2) is 19.0 Å². The third kappa shape index (κ3) is 6.08. The molecule has 4 heteroatoms. The van der Waals surface area contributed by atoms with Crippen molar-refractivity contribution in [1.82, 2.24) is 10.6 Å². The molecule has 0 saturated carbocycles. The summed E-state index contributed by atoms with van der Waals surface area (Å²) in [6.45, 7) is 5.62. The lowest BCUT2D eigenvalue weighted by atomic mass is 10.0. The maximum absolute atomic E-state index is 11.5. The van der Waals surface area contributed by atoms with Crippen LogP contribution in [0.4, 0.5) is 0 Å². The van der Waals surface area contributed by atoms with Gasteiger partial charge in [-0.05, 0) is 30.5 Å². The first-order valence-electron chi connectivity index (χ1n) is 6.92. The Labute approximate surface area is 120 Å². The second kappa shape index (κ2) is 8.94. The maximum Gasteiger partial charge on any atom is 0.221 e. The molecule has 106 valence electrons. The van der Waals surface area contributed by atoms with E-state index in [-0.39, 0.29) is 11.9 Å². The van der Waals surface area contributed by atoms with Crippen LogP contribution in [0.5, 0.6) is 0 Å². The molecule has 2 N–H and O–H groups in total. The summed E-state index contributed by atoms with van der Waals surface area (Å²) >= 11 is 5.88. The van der Waals surface area contributed by atoms with E-state index in [2.05, 4.69) is 17.6 Å². The summed E-state index contributed by atoms with van der Waals surface area (Å²) < 4.78 is 0. The molecule has 0 aliphatic heterocycles. The normalized spacial score (nSPS) is 12.2. The van der Waals surface area contributed by atoms with E-state index in [0.29, 0.717) is 13.0 Å². The summed E-state index contributed by atoms with van der Waals surface area (Å²) in [4.78, 5) is 11.5. The Hall–Kier alpha value is -1.06. The second-order valence-corrected chi connectivity index (χ2v) is 5.00. The van der Waals surface area contributed by atoms with Crippen molar-refractivity contribution < 1.29 is 4.79 Å². The zero-order chi connectivity index (χ0) is 14.1. The SMILES string of the molecule is CCCNC(=O)CCNC(CC)c1ccc(Cl)cc1. The first kappa shape index (κ1) is 16.0. The van der Waals surface area contributed by atoms with Gasteiger partial charge in [0.25, 0.3) is 0 Å². The minimum absolute atomic E-state index is 0.111. The molecule has 1 rings (SSSR count). The largest absolute Gasteiger partial charge is 0.356 e. The van der Waals surface area contributed by atoms with E-state index in [4.69, 9.17) is 11.6 Å². The number of nitrogens with one attached hydrogen (secondary N) is 2. The van der Waals surface area contributed by atoms with Crippen LogP contribution in [0.3, 0.4) is 0 Å². The molecule has 0 aliphatic rings. The number of rotatable bonds is 8. The zero-order valence-corrected chi connectivity index (χ0v) is 12.5. The fraction of sp³-hybridized carbons (Fsp3) is 0.533. The molecule has 0 bridgehead atoms. The fourth-order valence-electron chi connectivity index (χ4n) is 1.91. The van der Waals surface area contributed by atoms with Crippen molar-refractivity contribution in [1.29, 1.82) is 0 Å². The highest BCUT2D eigenvalue weighted by Gasteiger charge is 2.09. The Morgan fingerprint density at radius 1 is 1.21 bits per heavy atom. The fourth-order valence-corrected chi connectivity index (χ4v) is 2.03. The zero-order valence-electron chi connectivity index (χ0n) is 11.7. The Kier molecular flexibility index (Phi) is 7.53. The van der Waals surface area contributed by atoms with E-state index in [1.165, 1.54) is 5.56 Å². The molecule has 0 heterocycles. The molecular formula is C15H23ClN2O. The molecule has 19 heavy (non-hydrogen) atoms. The van der Waals surface area contributed by atoms with Crippen molar-refractivity contribution in [2.24, 2.45) is 0 Å². The van der Waals surface area contributed by atoms with E-state index in [0.717, 1.165) is 24.4 Å². The molecule has 0 aromatic heterocycles. The summed E-state index contributed by atoms with van der Waals surface area (Å²) in [5.74, 6) is 0.111. The van der Waals surface area contributed by atoms with Crippen LogP contribution < -0.4 is 10.6 Å². The number of carbonyl (C=O) groups is 1. The van der Waals surface area contributed by atoms with Crippen LogP contribution in [0.1, 0.15) is 44.7 Å². The number of carbonyl (C=O) groups excluding carboxylic acids is 1. The second-order valence-electron chi connectivity index (χ2n) is 4.57. The third-order valence-electron chi connectivity index (χ3n) is 3.00. The predicted molar refractivity (Wildman–Crippen MR) is 80.4 cm³/mol. The van der Waals surface area contributed by atoms with Gasteiger partial charge in [-0.2, -0.15) is 0 Å². The molecule has 1 atom stereocenters. The molecule has 1 aromatic rings. The van der Waals surface area contributed by atoms with Crippen LogP contribution in [0.25, 0.3) is 0 Å². The van der Waals surface area contributed by atoms with Gasteiger partial charge in [0.05, 0.1) is 0 Å². The first-order chi connectivity index (χ1) is 9.17. The lowest BCUT2D eigenvalue weighted by molar-refractivity contribution is -0.121. The predicted octanol–water partition coefficient (Wildman–Crippen LogP) is 3.30. The number of benzene rings is 1. The molecule has 0 aliphatic carbocycles. The average molecular weight is 283 g/mol. The summed E-state index contributed by atoms with van der Waals surface area (Å²) in [5, 5.41) is 7.03. The Balaban J connectivity index is 2.37. The quantitative estimate of drug-likeness (QED) is 0.768. The highest BCUT2D eigenvalue weighted by Crippen LogP contribution is 2.18. The van der Waals surface area contributed by atoms with E-state index >= 15 is 0 Å². The molecule has 0 fully saturated rings. The third-order valence-corrected chi connectivity index (χ3v) is 3.25. The van der Waals surface area contributed by atoms with Crippen LogP contribution >= 0.6 is 11.6 Å². The summed E-state index contributed by atoms with van der Waals surface area (Å²) in [7, 11) is 0. The van der Waals surface area contributed by atoms with Crippen molar-refractivity contribution in [3.63, 3.8) is 0 Å². The van der Waals surface area contributed by atoms with Crippen LogP contribution in [0.2, 0.25) is 5.02 Å².